The second kappa shape index (κ2) is 5.76. The van der Waals surface area contributed by atoms with Crippen molar-refractivity contribution in [2.24, 2.45) is 11.7 Å². The lowest BCUT2D eigenvalue weighted by atomic mass is 9.87. The highest BCUT2D eigenvalue weighted by Gasteiger charge is 2.37. The van der Waals surface area contributed by atoms with E-state index in [-0.39, 0.29) is 11.8 Å². The van der Waals surface area contributed by atoms with E-state index >= 15 is 0 Å². The van der Waals surface area contributed by atoms with Crippen LogP contribution in [0.3, 0.4) is 0 Å². The molecule has 3 N–H and O–H groups in total. The minimum Gasteiger partial charge on any atom is -0.387 e. The number of hydrogen-bond acceptors (Lipinski definition) is 4. The van der Waals surface area contributed by atoms with Gasteiger partial charge < -0.3 is 15.7 Å². The molecule has 4 nitrogen and oxygen atoms in total. The van der Waals surface area contributed by atoms with Gasteiger partial charge in [-0.15, -0.1) is 11.8 Å². The second-order valence-corrected chi connectivity index (χ2v) is 6.57. The standard InChI is InChI=1S/C15H20N2O2S/c16-13(15(19)17-7-3-4-8-17)14(18)11-9-20-12-6-2-1-5-10(11)12/h1-2,5-6,9-10,12-14,18H,3-4,7-8,16H2. The van der Waals surface area contributed by atoms with E-state index in [4.69, 9.17) is 5.73 Å². The maximum atomic E-state index is 12.3. The first-order valence-corrected chi connectivity index (χ1v) is 8.05. The van der Waals surface area contributed by atoms with Gasteiger partial charge in [0.05, 0.1) is 0 Å². The molecule has 0 aromatic carbocycles. The van der Waals surface area contributed by atoms with Gasteiger partial charge in [-0.1, -0.05) is 24.3 Å². The van der Waals surface area contributed by atoms with Gasteiger partial charge in [-0.2, -0.15) is 0 Å². The first-order chi connectivity index (χ1) is 9.68. The second-order valence-electron chi connectivity index (χ2n) is 5.52. The molecular formula is C15H20N2O2S. The summed E-state index contributed by atoms with van der Waals surface area (Å²) in [4.78, 5) is 14.0. The van der Waals surface area contributed by atoms with Crippen LogP contribution in [-0.2, 0) is 4.79 Å². The third-order valence-electron chi connectivity index (χ3n) is 4.22. The molecule has 5 heteroatoms. The Hall–Kier alpha value is -1.04. The molecule has 108 valence electrons. The highest BCUT2D eigenvalue weighted by molar-refractivity contribution is 8.03. The Morgan fingerprint density at radius 3 is 2.80 bits per heavy atom. The third-order valence-corrected chi connectivity index (χ3v) is 5.39. The molecule has 0 saturated carbocycles. The van der Waals surface area contributed by atoms with Crippen LogP contribution in [0.4, 0.5) is 0 Å². The Balaban J connectivity index is 1.69. The van der Waals surface area contributed by atoms with Crippen LogP contribution < -0.4 is 5.73 Å². The first kappa shape index (κ1) is 13.9. The molecule has 4 unspecified atom stereocenters. The highest BCUT2D eigenvalue weighted by atomic mass is 32.2. The zero-order valence-electron chi connectivity index (χ0n) is 11.3. The van der Waals surface area contributed by atoms with Crippen molar-refractivity contribution >= 4 is 17.7 Å². The first-order valence-electron chi connectivity index (χ1n) is 7.11. The van der Waals surface area contributed by atoms with E-state index in [1.54, 1.807) is 16.7 Å². The summed E-state index contributed by atoms with van der Waals surface area (Å²) in [7, 11) is 0. The van der Waals surface area contributed by atoms with Crippen LogP contribution in [0.1, 0.15) is 12.8 Å². The summed E-state index contributed by atoms with van der Waals surface area (Å²) in [6.07, 6.45) is 9.39. The van der Waals surface area contributed by atoms with Crippen molar-refractivity contribution < 1.29 is 9.90 Å². The smallest absolute Gasteiger partial charge is 0.242 e. The van der Waals surface area contributed by atoms with Gasteiger partial charge in [-0.3, -0.25) is 4.79 Å². The molecule has 4 atom stereocenters. The van der Waals surface area contributed by atoms with Crippen molar-refractivity contribution in [1.82, 2.24) is 4.90 Å². The monoisotopic (exact) mass is 292 g/mol. The van der Waals surface area contributed by atoms with Gasteiger partial charge >= 0.3 is 0 Å². The lowest BCUT2D eigenvalue weighted by molar-refractivity contribution is -0.133. The lowest BCUT2D eigenvalue weighted by Gasteiger charge is -2.27. The van der Waals surface area contributed by atoms with Crippen LogP contribution in [0, 0.1) is 5.92 Å². The number of amides is 1. The number of nitrogens with zero attached hydrogens (tertiary/aromatic N) is 1. The van der Waals surface area contributed by atoms with E-state index in [0.717, 1.165) is 31.5 Å². The molecule has 1 amide bonds. The Kier molecular flexibility index (Phi) is 4.01. The van der Waals surface area contributed by atoms with Gasteiger partial charge in [0.2, 0.25) is 5.91 Å². The van der Waals surface area contributed by atoms with Gasteiger partial charge in [0.1, 0.15) is 12.1 Å². The highest BCUT2D eigenvalue weighted by Crippen LogP contribution is 2.41. The number of carbonyl (C=O) groups is 1. The molecule has 1 aliphatic carbocycles. The summed E-state index contributed by atoms with van der Waals surface area (Å²) in [6.45, 7) is 1.53. The van der Waals surface area contributed by atoms with Crippen LogP contribution in [0.15, 0.2) is 35.3 Å². The largest absolute Gasteiger partial charge is 0.387 e. The summed E-state index contributed by atoms with van der Waals surface area (Å²) in [5.74, 6) is 0.0390. The molecule has 2 heterocycles. The molecule has 0 aromatic rings. The van der Waals surface area contributed by atoms with Gasteiger partial charge in [-0.05, 0) is 23.8 Å². The number of aliphatic hydroxyl groups excluding tert-OH is 1. The number of aliphatic hydroxyl groups is 1. The van der Waals surface area contributed by atoms with Crippen LogP contribution in [-0.4, -0.2) is 46.4 Å². The molecule has 1 saturated heterocycles. The average Bonchev–Trinajstić information content (AvgIpc) is 3.14. The Morgan fingerprint density at radius 2 is 2.05 bits per heavy atom. The summed E-state index contributed by atoms with van der Waals surface area (Å²) in [5.41, 5.74) is 6.88. The minimum atomic E-state index is -0.887. The Labute approximate surface area is 123 Å². The van der Waals surface area contributed by atoms with E-state index in [0.29, 0.717) is 5.25 Å². The van der Waals surface area contributed by atoms with E-state index in [1.165, 1.54) is 0 Å². The number of fused-ring (bicyclic) bond motifs is 1. The fourth-order valence-electron chi connectivity index (χ4n) is 3.01. The van der Waals surface area contributed by atoms with E-state index in [9.17, 15) is 9.90 Å². The molecule has 0 bridgehead atoms. The fourth-order valence-corrected chi connectivity index (χ4v) is 4.22. The molecule has 20 heavy (non-hydrogen) atoms. The topological polar surface area (TPSA) is 66.6 Å². The van der Waals surface area contributed by atoms with Crippen molar-refractivity contribution in [3.63, 3.8) is 0 Å². The fraction of sp³-hybridized carbons (Fsp3) is 0.533. The van der Waals surface area contributed by atoms with E-state index < -0.39 is 12.1 Å². The summed E-state index contributed by atoms with van der Waals surface area (Å²) >= 11 is 1.68. The third kappa shape index (κ3) is 2.45. The zero-order chi connectivity index (χ0) is 14.1. The average molecular weight is 292 g/mol. The number of allylic oxidation sites excluding steroid dienone is 3. The van der Waals surface area contributed by atoms with Crippen LogP contribution in [0.2, 0.25) is 0 Å². The predicted molar refractivity (Wildman–Crippen MR) is 81.0 cm³/mol. The number of hydrogen-bond donors (Lipinski definition) is 2. The van der Waals surface area contributed by atoms with Gasteiger partial charge in [-0.25, -0.2) is 0 Å². The molecule has 2 aliphatic heterocycles. The number of carbonyl (C=O) groups excluding carboxylic acids is 1. The quantitative estimate of drug-likeness (QED) is 0.815. The Bertz CT molecular complexity index is 480. The zero-order valence-corrected chi connectivity index (χ0v) is 12.1. The van der Waals surface area contributed by atoms with Crippen molar-refractivity contribution in [2.75, 3.05) is 13.1 Å². The van der Waals surface area contributed by atoms with Gasteiger partial charge in [0.15, 0.2) is 0 Å². The summed E-state index contributed by atoms with van der Waals surface area (Å²) < 4.78 is 0. The predicted octanol–water partition coefficient (Wildman–Crippen LogP) is 1.04. The van der Waals surface area contributed by atoms with Gasteiger partial charge in [0, 0.05) is 24.3 Å². The van der Waals surface area contributed by atoms with E-state index in [2.05, 4.69) is 12.2 Å². The van der Waals surface area contributed by atoms with E-state index in [1.807, 2.05) is 17.6 Å². The minimum absolute atomic E-state index is 0.125. The number of likely N-dealkylation sites (tertiary alicyclic amines) is 1. The molecule has 0 spiro atoms. The molecule has 1 fully saturated rings. The molecule has 3 aliphatic rings. The number of nitrogens with two attached hydrogens (primary N) is 1. The maximum Gasteiger partial charge on any atom is 0.242 e. The van der Waals surface area contributed by atoms with Crippen LogP contribution in [0.5, 0.6) is 0 Å². The normalized spacial score (nSPS) is 31.1. The molecular weight excluding hydrogens is 272 g/mol. The lowest BCUT2D eigenvalue weighted by Crippen LogP contribution is -2.50. The van der Waals surface area contributed by atoms with Crippen molar-refractivity contribution in [3.05, 3.63) is 35.3 Å². The van der Waals surface area contributed by atoms with Crippen molar-refractivity contribution in [1.29, 1.82) is 0 Å². The van der Waals surface area contributed by atoms with Crippen LogP contribution >= 0.6 is 11.8 Å². The maximum absolute atomic E-state index is 12.3. The molecule has 0 radical (unpaired) electrons. The Morgan fingerprint density at radius 1 is 1.35 bits per heavy atom. The number of thioether (sulfide) groups is 1. The SMILES string of the molecule is NC(C(=O)N1CCCC1)C(O)C1=CSC2C=CC=CC12. The van der Waals surface area contributed by atoms with Crippen LogP contribution in [0.25, 0.3) is 0 Å². The van der Waals surface area contributed by atoms with Gasteiger partial charge in [0.25, 0.3) is 0 Å². The summed E-state index contributed by atoms with van der Waals surface area (Å²) in [5, 5.41) is 12.8. The summed E-state index contributed by atoms with van der Waals surface area (Å²) in [6, 6.07) is -0.849. The molecule has 3 rings (SSSR count). The van der Waals surface area contributed by atoms with Crippen molar-refractivity contribution in [3.8, 4) is 0 Å². The number of rotatable bonds is 3. The van der Waals surface area contributed by atoms with Crippen molar-refractivity contribution in [2.45, 2.75) is 30.2 Å². The molecule has 0 aromatic heterocycles.